The highest BCUT2D eigenvalue weighted by molar-refractivity contribution is 5.80. The van der Waals surface area contributed by atoms with Crippen LogP contribution in [0.2, 0.25) is 0 Å². The van der Waals surface area contributed by atoms with E-state index in [1.807, 2.05) is 30.3 Å². The van der Waals surface area contributed by atoms with Crippen LogP contribution in [0.15, 0.2) is 59.5 Å². The Morgan fingerprint density at radius 1 is 1.30 bits per heavy atom. The fraction of sp³-hybridized carbons (Fsp3) is 0.188. The number of rotatable bonds is 6. The van der Waals surface area contributed by atoms with Gasteiger partial charge in [-0.05, 0) is 31.2 Å². The molecule has 1 amide bonds. The van der Waals surface area contributed by atoms with E-state index in [2.05, 4.69) is 15.4 Å². The van der Waals surface area contributed by atoms with Crippen molar-refractivity contribution < 1.29 is 13.9 Å². The number of hydrogen-bond acceptors (Lipinski definition) is 5. The van der Waals surface area contributed by atoms with Gasteiger partial charge in [0.25, 0.3) is 5.91 Å². The number of nitrogens with zero attached hydrogens (tertiary/aromatic N) is 3. The smallest absolute Gasteiger partial charge is 0.336 e. The Labute approximate surface area is 132 Å². The average Bonchev–Trinajstić information content (AvgIpc) is 3.25. The second-order valence-electron chi connectivity index (χ2n) is 4.86. The Morgan fingerprint density at radius 2 is 2.13 bits per heavy atom. The van der Waals surface area contributed by atoms with Crippen LogP contribution in [-0.2, 0) is 11.3 Å². The molecule has 1 unspecified atom stereocenters. The second-order valence-corrected chi connectivity index (χ2v) is 4.86. The number of furan rings is 1. The summed E-state index contributed by atoms with van der Waals surface area (Å²) in [7, 11) is 0. The zero-order valence-electron chi connectivity index (χ0n) is 12.5. The van der Waals surface area contributed by atoms with Crippen LogP contribution in [0.4, 0.5) is 0 Å². The van der Waals surface area contributed by atoms with E-state index in [1.54, 1.807) is 30.0 Å². The molecule has 7 nitrogen and oxygen atoms in total. The van der Waals surface area contributed by atoms with Crippen molar-refractivity contribution in [1.82, 2.24) is 20.1 Å². The molecule has 0 saturated heterocycles. The normalized spacial score (nSPS) is 11.9. The monoisotopic (exact) mass is 312 g/mol. The maximum atomic E-state index is 12.0. The largest absolute Gasteiger partial charge is 0.467 e. The van der Waals surface area contributed by atoms with Crippen molar-refractivity contribution in [2.45, 2.75) is 19.6 Å². The van der Waals surface area contributed by atoms with Gasteiger partial charge in [-0.3, -0.25) is 4.79 Å². The number of benzene rings is 1. The first-order valence-electron chi connectivity index (χ1n) is 7.16. The van der Waals surface area contributed by atoms with E-state index in [4.69, 9.17) is 9.15 Å². The second kappa shape index (κ2) is 6.78. The third-order valence-corrected chi connectivity index (χ3v) is 3.16. The molecule has 0 aliphatic heterocycles. The molecule has 0 fully saturated rings. The average molecular weight is 312 g/mol. The van der Waals surface area contributed by atoms with Crippen LogP contribution in [0.25, 0.3) is 5.69 Å². The third kappa shape index (κ3) is 3.76. The van der Waals surface area contributed by atoms with Gasteiger partial charge in [0.15, 0.2) is 6.10 Å². The van der Waals surface area contributed by atoms with E-state index in [1.165, 1.54) is 6.33 Å². The van der Waals surface area contributed by atoms with Crippen LogP contribution in [0.5, 0.6) is 6.01 Å². The Balaban J connectivity index is 1.56. The molecule has 0 aliphatic carbocycles. The highest BCUT2D eigenvalue weighted by atomic mass is 16.5. The molecule has 1 N–H and O–H groups in total. The summed E-state index contributed by atoms with van der Waals surface area (Å²) >= 11 is 0. The van der Waals surface area contributed by atoms with Crippen molar-refractivity contribution in [2.75, 3.05) is 0 Å². The highest BCUT2D eigenvalue weighted by Crippen LogP contribution is 2.09. The predicted octanol–water partition coefficient (Wildman–Crippen LogP) is 1.94. The fourth-order valence-electron chi connectivity index (χ4n) is 1.95. The molecule has 3 rings (SSSR count). The molecule has 0 aliphatic rings. The lowest BCUT2D eigenvalue weighted by Gasteiger charge is -2.11. The summed E-state index contributed by atoms with van der Waals surface area (Å²) in [5.74, 6) is 0.412. The first-order chi connectivity index (χ1) is 11.2. The van der Waals surface area contributed by atoms with Crippen molar-refractivity contribution in [2.24, 2.45) is 0 Å². The molecule has 0 saturated carbocycles. The lowest BCUT2D eigenvalue weighted by atomic mass is 10.3. The molecule has 3 aromatic rings. The molecule has 0 spiro atoms. The van der Waals surface area contributed by atoms with Crippen molar-refractivity contribution in [3.05, 3.63) is 60.8 Å². The third-order valence-electron chi connectivity index (χ3n) is 3.16. The number of aromatic nitrogens is 3. The zero-order valence-corrected chi connectivity index (χ0v) is 12.5. The minimum Gasteiger partial charge on any atom is -0.467 e. The molecular weight excluding hydrogens is 296 g/mol. The van der Waals surface area contributed by atoms with Gasteiger partial charge >= 0.3 is 6.01 Å². The van der Waals surface area contributed by atoms with Crippen molar-refractivity contribution >= 4 is 5.91 Å². The number of carbonyl (C=O) groups is 1. The number of nitrogens with one attached hydrogen (secondary N) is 1. The van der Waals surface area contributed by atoms with E-state index in [-0.39, 0.29) is 11.9 Å². The van der Waals surface area contributed by atoms with Gasteiger partial charge in [0.2, 0.25) is 0 Å². The summed E-state index contributed by atoms with van der Waals surface area (Å²) in [5.41, 5.74) is 0.866. The summed E-state index contributed by atoms with van der Waals surface area (Å²) < 4.78 is 12.2. The molecule has 118 valence electrons. The Hall–Kier alpha value is -3.09. The molecule has 2 aromatic heterocycles. The molecule has 1 aromatic carbocycles. The SMILES string of the molecule is CC(Oc1ncn(-c2ccccc2)n1)C(=O)NCc1ccco1. The molecule has 23 heavy (non-hydrogen) atoms. The van der Waals surface area contributed by atoms with Crippen LogP contribution < -0.4 is 10.1 Å². The van der Waals surface area contributed by atoms with Crippen LogP contribution in [0.1, 0.15) is 12.7 Å². The van der Waals surface area contributed by atoms with Gasteiger partial charge in [0.05, 0.1) is 18.5 Å². The Kier molecular flexibility index (Phi) is 4.37. The molecule has 0 radical (unpaired) electrons. The van der Waals surface area contributed by atoms with Gasteiger partial charge in [-0.2, -0.15) is 4.98 Å². The number of ether oxygens (including phenoxy) is 1. The quantitative estimate of drug-likeness (QED) is 0.752. The summed E-state index contributed by atoms with van der Waals surface area (Å²) in [6, 6.07) is 13.2. The molecule has 1 atom stereocenters. The summed E-state index contributed by atoms with van der Waals surface area (Å²) in [4.78, 5) is 16.0. The maximum absolute atomic E-state index is 12.0. The standard InChI is InChI=1S/C16H16N4O3/c1-12(15(21)17-10-14-8-5-9-22-14)23-16-18-11-20(19-16)13-6-3-2-4-7-13/h2-9,11-12H,10H2,1H3,(H,17,21). The summed E-state index contributed by atoms with van der Waals surface area (Å²) in [6.45, 7) is 1.95. The first-order valence-corrected chi connectivity index (χ1v) is 7.16. The topological polar surface area (TPSA) is 82.2 Å². The van der Waals surface area contributed by atoms with Gasteiger partial charge in [-0.25, -0.2) is 4.68 Å². The number of hydrogen-bond donors (Lipinski definition) is 1. The van der Waals surface area contributed by atoms with Crippen molar-refractivity contribution in [3.63, 3.8) is 0 Å². The molecule has 2 heterocycles. The van der Waals surface area contributed by atoms with E-state index in [0.29, 0.717) is 12.3 Å². The lowest BCUT2D eigenvalue weighted by molar-refractivity contribution is -0.127. The number of amides is 1. The van der Waals surface area contributed by atoms with E-state index in [0.717, 1.165) is 5.69 Å². The number of carbonyl (C=O) groups excluding carboxylic acids is 1. The van der Waals surface area contributed by atoms with E-state index < -0.39 is 6.10 Å². The van der Waals surface area contributed by atoms with Crippen LogP contribution in [0.3, 0.4) is 0 Å². The summed E-state index contributed by atoms with van der Waals surface area (Å²) in [5, 5.41) is 6.92. The van der Waals surface area contributed by atoms with Crippen LogP contribution in [-0.4, -0.2) is 26.8 Å². The minimum atomic E-state index is -0.711. The number of para-hydroxylation sites is 1. The van der Waals surface area contributed by atoms with Gasteiger partial charge in [0.1, 0.15) is 12.1 Å². The minimum absolute atomic E-state index is 0.148. The van der Waals surface area contributed by atoms with E-state index in [9.17, 15) is 4.79 Å². The summed E-state index contributed by atoms with van der Waals surface area (Å²) in [6.07, 6.45) is 2.39. The predicted molar refractivity (Wildman–Crippen MR) is 82.0 cm³/mol. The van der Waals surface area contributed by atoms with Gasteiger partial charge in [-0.1, -0.05) is 18.2 Å². The lowest BCUT2D eigenvalue weighted by Crippen LogP contribution is -2.36. The van der Waals surface area contributed by atoms with Crippen LogP contribution >= 0.6 is 0 Å². The van der Waals surface area contributed by atoms with Gasteiger partial charge in [0, 0.05) is 0 Å². The maximum Gasteiger partial charge on any atom is 0.336 e. The highest BCUT2D eigenvalue weighted by Gasteiger charge is 2.17. The zero-order chi connectivity index (χ0) is 16.1. The molecule has 0 bridgehead atoms. The van der Waals surface area contributed by atoms with E-state index >= 15 is 0 Å². The van der Waals surface area contributed by atoms with Gasteiger partial charge < -0.3 is 14.5 Å². The van der Waals surface area contributed by atoms with Gasteiger partial charge in [-0.15, -0.1) is 5.10 Å². The Bertz CT molecular complexity index is 753. The van der Waals surface area contributed by atoms with Crippen LogP contribution in [0, 0.1) is 0 Å². The fourth-order valence-corrected chi connectivity index (χ4v) is 1.95. The molecule has 7 heteroatoms. The first kappa shape index (κ1) is 14.8. The van der Waals surface area contributed by atoms with Crippen molar-refractivity contribution in [1.29, 1.82) is 0 Å². The Morgan fingerprint density at radius 3 is 2.87 bits per heavy atom. The van der Waals surface area contributed by atoms with Crippen molar-refractivity contribution in [3.8, 4) is 11.7 Å². The molecular formula is C16H16N4O3.